The van der Waals surface area contributed by atoms with Crippen LogP contribution in [0.1, 0.15) is 32.8 Å². The molecule has 2 atom stereocenters. The van der Waals surface area contributed by atoms with Gasteiger partial charge in [0.15, 0.2) is 0 Å². The molecule has 2 unspecified atom stereocenters. The Kier molecular flexibility index (Phi) is 4.68. The standard InChI is InChI=1S/C15H21NS2/c1-5-6-7-11(3)17-14-9-13-15(8-10(14)2)18-12(4)16-13/h6-9,11-12,16H,5H2,1-4H3/b7-6+. The maximum Gasteiger partial charge on any atom is 0.0741 e. The van der Waals surface area contributed by atoms with Crippen molar-refractivity contribution in [2.24, 2.45) is 0 Å². The Morgan fingerprint density at radius 2 is 2.28 bits per heavy atom. The lowest BCUT2D eigenvalue weighted by atomic mass is 10.2. The van der Waals surface area contributed by atoms with Gasteiger partial charge in [0.05, 0.1) is 5.37 Å². The fourth-order valence-electron chi connectivity index (χ4n) is 2.01. The molecule has 0 radical (unpaired) electrons. The van der Waals surface area contributed by atoms with Crippen molar-refractivity contribution < 1.29 is 0 Å². The summed E-state index contributed by atoms with van der Waals surface area (Å²) >= 11 is 3.85. The summed E-state index contributed by atoms with van der Waals surface area (Å²) in [4.78, 5) is 2.78. The first-order valence-corrected chi connectivity index (χ1v) is 8.27. The summed E-state index contributed by atoms with van der Waals surface area (Å²) in [5.74, 6) is 0. The zero-order chi connectivity index (χ0) is 13.1. The van der Waals surface area contributed by atoms with Crippen LogP contribution in [-0.4, -0.2) is 10.6 Å². The third-order valence-electron chi connectivity index (χ3n) is 2.90. The summed E-state index contributed by atoms with van der Waals surface area (Å²) in [6.45, 7) is 8.85. The van der Waals surface area contributed by atoms with Crippen LogP contribution in [0.3, 0.4) is 0 Å². The maximum atomic E-state index is 3.51. The predicted octanol–water partition coefficient (Wildman–Crippen LogP) is 5.31. The lowest BCUT2D eigenvalue weighted by Gasteiger charge is -2.11. The molecule has 1 aliphatic heterocycles. The van der Waals surface area contributed by atoms with Crippen LogP contribution in [0.5, 0.6) is 0 Å². The molecule has 1 nitrogen and oxygen atoms in total. The van der Waals surface area contributed by atoms with Gasteiger partial charge in [-0.3, -0.25) is 0 Å². The van der Waals surface area contributed by atoms with E-state index in [0.717, 1.165) is 6.42 Å². The highest BCUT2D eigenvalue weighted by atomic mass is 32.2. The number of fused-ring (bicyclic) bond motifs is 1. The van der Waals surface area contributed by atoms with E-state index in [4.69, 9.17) is 0 Å². The average Bonchev–Trinajstić information content (AvgIpc) is 2.66. The number of benzene rings is 1. The van der Waals surface area contributed by atoms with Crippen molar-refractivity contribution in [3.05, 3.63) is 29.8 Å². The topological polar surface area (TPSA) is 12.0 Å². The minimum Gasteiger partial charge on any atom is -0.372 e. The van der Waals surface area contributed by atoms with Gasteiger partial charge in [0.2, 0.25) is 0 Å². The summed E-state index contributed by atoms with van der Waals surface area (Å²) in [7, 11) is 0. The molecule has 0 spiro atoms. The fourth-order valence-corrected chi connectivity index (χ4v) is 4.08. The third-order valence-corrected chi connectivity index (χ3v) is 5.18. The predicted molar refractivity (Wildman–Crippen MR) is 84.9 cm³/mol. The van der Waals surface area contributed by atoms with E-state index >= 15 is 0 Å². The minimum atomic E-state index is 0.497. The molecule has 0 saturated carbocycles. The molecule has 1 heterocycles. The van der Waals surface area contributed by atoms with Crippen LogP contribution >= 0.6 is 23.5 Å². The summed E-state index contributed by atoms with van der Waals surface area (Å²) in [5, 5.41) is 4.55. The first-order chi connectivity index (χ1) is 8.60. The Labute approximate surface area is 119 Å². The molecule has 0 amide bonds. The lowest BCUT2D eigenvalue weighted by Crippen LogP contribution is -2.02. The second kappa shape index (κ2) is 6.07. The number of hydrogen-bond donors (Lipinski definition) is 1. The zero-order valence-corrected chi connectivity index (χ0v) is 13.1. The molecule has 18 heavy (non-hydrogen) atoms. The van der Waals surface area contributed by atoms with Crippen molar-refractivity contribution in [3.63, 3.8) is 0 Å². The van der Waals surface area contributed by atoms with Crippen LogP contribution in [-0.2, 0) is 0 Å². The Balaban J connectivity index is 2.15. The van der Waals surface area contributed by atoms with E-state index < -0.39 is 0 Å². The largest absolute Gasteiger partial charge is 0.372 e. The number of nitrogens with one attached hydrogen (secondary N) is 1. The Hall–Kier alpha value is -0.540. The molecule has 1 aromatic rings. The van der Waals surface area contributed by atoms with Gasteiger partial charge in [-0.1, -0.05) is 30.8 Å². The van der Waals surface area contributed by atoms with Gasteiger partial charge >= 0.3 is 0 Å². The van der Waals surface area contributed by atoms with Crippen molar-refractivity contribution in [1.82, 2.24) is 0 Å². The van der Waals surface area contributed by atoms with Crippen molar-refractivity contribution >= 4 is 29.2 Å². The second-order valence-corrected chi connectivity index (χ2v) is 7.48. The van der Waals surface area contributed by atoms with Crippen molar-refractivity contribution in [3.8, 4) is 0 Å². The van der Waals surface area contributed by atoms with Crippen LogP contribution in [0.4, 0.5) is 5.69 Å². The van der Waals surface area contributed by atoms with Gasteiger partial charge in [-0.2, -0.15) is 0 Å². The summed E-state index contributed by atoms with van der Waals surface area (Å²) in [5.41, 5.74) is 2.69. The highest BCUT2D eigenvalue weighted by Gasteiger charge is 2.19. The quantitative estimate of drug-likeness (QED) is 0.593. The highest BCUT2D eigenvalue weighted by molar-refractivity contribution is 8.00. The van der Waals surface area contributed by atoms with Gasteiger partial charge in [0.25, 0.3) is 0 Å². The van der Waals surface area contributed by atoms with E-state index in [1.54, 1.807) is 0 Å². The molecule has 1 aliphatic rings. The Bertz CT molecular complexity index is 454. The number of allylic oxidation sites excluding steroid dienone is 1. The Morgan fingerprint density at radius 3 is 3.00 bits per heavy atom. The summed E-state index contributed by atoms with van der Waals surface area (Å²) in [6.07, 6.45) is 5.66. The minimum absolute atomic E-state index is 0.497. The van der Waals surface area contributed by atoms with E-state index in [-0.39, 0.29) is 0 Å². The lowest BCUT2D eigenvalue weighted by molar-refractivity contribution is 1.13. The van der Waals surface area contributed by atoms with E-state index in [1.807, 2.05) is 23.5 Å². The van der Waals surface area contributed by atoms with Crippen LogP contribution in [0.15, 0.2) is 34.1 Å². The molecular weight excluding hydrogens is 258 g/mol. The molecule has 1 N–H and O–H groups in total. The van der Waals surface area contributed by atoms with E-state index in [0.29, 0.717) is 10.6 Å². The van der Waals surface area contributed by atoms with Crippen LogP contribution in [0.25, 0.3) is 0 Å². The van der Waals surface area contributed by atoms with Crippen molar-refractivity contribution in [2.45, 2.75) is 54.5 Å². The second-order valence-electron chi connectivity index (χ2n) is 4.68. The first-order valence-electron chi connectivity index (χ1n) is 6.51. The van der Waals surface area contributed by atoms with Gasteiger partial charge in [-0.15, -0.1) is 11.8 Å². The number of rotatable bonds is 4. The summed E-state index contributed by atoms with van der Waals surface area (Å²) < 4.78 is 0. The van der Waals surface area contributed by atoms with Gasteiger partial charge < -0.3 is 5.32 Å². The number of aryl methyl sites for hydroxylation is 1. The van der Waals surface area contributed by atoms with E-state index in [1.165, 1.54) is 21.0 Å². The van der Waals surface area contributed by atoms with E-state index in [9.17, 15) is 0 Å². The normalized spacial score (nSPS) is 19.9. The average molecular weight is 279 g/mol. The monoisotopic (exact) mass is 279 g/mol. The van der Waals surface area contributed by atoms with Crippen molar-refractivity contribution in [1.29, 1.82) is 0 Å². The molecule has 2 rings (SSSR count). The summed E-state index contributed by atoms with van der Waals surface area (Å²) in [6, 6.07) is 4.62. The van der Waals surface area contributed by atoms with Crippen molar-refractivity contribution in [2.75, 3.05) is 5.32 Å². The van der Waals surface area contributed by atoms with Gasteiger partial charge in [0.1, 0.15) is 0 Å². The SMILES string of the molecule is CC/C=C/C(C)Sc1cc2c(cc1C)SC(C)N2. The number of anilines is 1. The van der Waals surface area contributed by atoms with Gasteiger partial charge in [-0.25, -0.2) is 0 Å². The number of hydrogen-bond acceptors (Lipinski definition) is 3. The molecular formula is C15H21NS2. The Morgan fingerprint density at radius 1 is 1.50 bits per heavy atom. The van der Waals surface area contributed by atoms with Gasteiger partial charge in [0, 0.05) is 20.7 Å². The van der Waals surface area contributed by atoms with Gasteiger partial charge in [-0.05, 0) is 44.9 Å². The fraction of sp³-hybridized carbons (Fsp3) is 0.467. The molecule has 0 fully saturated rings. The van der Waals surface area contributed by atoms with Crippen LogP contribution in [0.2, 0.25) is 0 Å². The first kappa shape index (κ1) is 13.9. The molecule has 0 saturated heterocycles. The molecule has 0 aromatic heterocycles. The number of thioether (sulfide) groups is 2. The molecule has 1 aromatic carbocycles. The molecule has 3 heteroatoms. The molecule has 0 aliphatic carbocycles. The zero-order valence-electron chi connectivity index (χ0n) is 11.5. The van der Waals surface area contributed by atoms with Crippen LogP contribution < -0.4 is 5.32 Å². The molecule has 98 valence electrons. The molecule has 0 bridgehead atoms. The smallest absolute Gasteiger partial charge is 0.0741 e. The maximum absolute atomic E-state index is 3.51. The third kappa shape index (κ3) is 3.27. The highest BCUT2D eigenvalue weighted by Crippen LogP contribution is 2.42. The van der Waals surface area contributed by atoms with Crippen LogP contribution in [0, 0.1) is 6.92 Å². The van der Waals surface area contributed by atoms with E-state index in [2.05, 4.69) is 57.3 Å².